The van der Waals surface area contributed by atoms with E-state index in [9.17, 15) is 14.1 Å². The lowest BCUT2D eigenvalue weighted by molar-refractivity contribution is -0.122. The van der Waals surface area contributed by atoms with Gasteiger partial charge >= 0.3 is 0 Å². The topological polar surface area (TPSA) is 72.9 Å². The van der Waals surface area contributed by atoms with Crippen LogP contribution in [0.15, 0.2) is 120 Å². The predicted molar refractivity (Wildman–Crippen MR) is 172 cm³/mol. The van der Waals surface area contributed by atoms with Crippen molar-refractivity contribution in [3.8, 4) is 11.1 Å². The van der Waals surface area contributed by atoms with E-state index in [0.29, 0.717) is 31.0 Å². The van der Waals surface area contributed by atoms with Gasteiger partial charge in [-0.3, -0.25) is 4.79 Å². The van der Waals surface area contributed by atoms with Crippen molar-refractivity contribution in [2.45, 2.75) is 28.8 Å². The summed E-state index contributed by atoms with van der Waals surface area (Å²) in [5.74, 6) is 0.606. The van der Waals surface area contributed by atoms with Gasteiger partial charge in [-0.05, 0) is 47.9 Å². The van der Waals surface area contributed by atoms with E-state index in [1.807, 2.05) is 110 Å². The number of hydrogen-bond donors (Lipinski definition) is 2. The molecule has 5 rings (SSSR count). The first-order valence-electron chi connectivity index (χ1n) is 14.2. The van der Waals surface area contributed by atoms with Gasteiger partial charge in [0.2, 0.25) is 5.91 Å². The number of nitrogens with zero attached hydrogens (tertiary/aromatic N) is 2. The Morgan fingerprint density at radius 3 is 2.12 bits per heavy atom. The fraction of sp³-hybridized carbons (Fsp3) is 0.265. The van der Waals surface area contributed by atoms with Crippen molar-refractivity contribution in [2.24, 2.45) is 0 Å². The number of carbonyl (C=O) groups excluding carboxylic acids is 1. The van der Waals surface area contributed by atoms with Crippen LogP contribution in [0.25, 0.3) is 11.1 Å². The van der Waals surface area contributed by atoms with Gasteiger partial charge in [-0.2, -0.15) is 4.31 Å². The molecule has 1 heterocycles. The third kappa shape index (κ3) is 7.76. The molecule has 0 bridgehead atoms. The molecule has 0 radical (unpaired) electrons. The Bertz CT molecular complexity index is 1440. The van der Waals surface area contributed by atoms with Gasteiger partial charge in [0.05, 0.1) is 17.0 Å². The Morgan fingerprint density at radius 1 is 0.905 bits per heavy atom. The molecule has 1 amide bonds. The molecule has 0 saturated carbocycles. The van der Waals surface area contributed by atoms with Gasteiger partial charge in [-0.15, -0.1) is 11.8 Å². The van der Waals surface area contributed by atoms with Crippen molar-refractivity contribution >= 4 is 28.7 Å². The van der Waals surface area contributed by atoms with Gasteiger partial charge in [0.1, 0.15) is 16.4 Å². The second-order valence-electron chi connectivity index (χ2n) is 10.5. The van der Waals surface area contributed by atoms with Crippen LogP contribution in [-0.4, -0.2) is 62.2 Å². The van der Waals surface area contributed by atoms with Crippen molar-refractivity contribution in [3.05, 3.63) is 126 Å². The van der Waals surface area contributed by atoms with Crippen molar-refractivity contribution < 1.29 is 14.1 Å². The van der Waals surface area contributed by atoms with Crippen LogP contribution in [0.3, 0.4) is 0 Å². The van der Waals surface area contributed by atoms with E-state index in [4.69, 9.17) is 0 Å². The summed E-state index contributed by atoms with van der Waals surface area (Å²) in [4.78, 5) is 16.4. The quantitative estimate of drug-likeness (QED) is 0.220. The standard InChI is InChI=1S/C34H37N3O3S2/c1-36(25-32(38)29-15-9-4-10-16-29)22-21-31(28-13-7-3-8-14-28)35-33(39)34-37(23-24-41-34)42(40)30-19-17-27(18-20-30)26-11-5-2-6-12-26/h2-20,31-32,34,38H,21-25H2,1H3,(H,35,39). The molecule has 6 nitrogen and oxygen atoms in total. The van der Waals surface area contributed by atoms with E-state index < -0.39 is 22.5 Å². The molecular weight excluding hydrogens is 563 g/mol. The van der Waals surface area contributed by atoms with Crippen molar-refractivity contribution in [3.63, 3.8) is 0 Å². The second kappa shape index (κ2) is 14.8. The Kier molecular flexibility index (Phi) is 10.6. The van der Waals surface area contributed by atoms with Gasteiger partial charge < -0.3 is 15.3 Å². The molecule has 4 atom stereocenters. The first-order valence-corrected chi connectivity index (χ1v) is 16.4. The van der Waals surface area contributed by atoms with Crippen LogP contribution >= 0.6 is 11.8 Å². The zero-order valence-corrected chi connectivity index (χ0v) is 25.3. The Morgan fingerprint density at radius 2 is 1.48 bits per heavy atom. The number of aliphatic hydroxyl groups excluding tert-OH is 1. The second-order valence-corrected chi connectivity index (χ2v) is 13.1. The molecule has 4 aromatic carbocycles. The summed E-state index contributed by atoms with van der Waals surface area (Å²) in [5, 5.41) is 13.4. The average molecular weight is 600 g/mol. The number of carbonyl (C=O) groups is 1. The molecule has 1 aliphatic rings. The van der Waals surface area contributed by atoms with Crippen LogP contribution in [0.4, 0.5) is 0 Å². The average Bonchev–Trinajstić information content (AvgIpc) is 3.54. The molecule has 42 heavy (non-hydrogen) atoms. The van der Waals surface area contributed by atoms with Crippen LogP contribution in [0.2, 0.25) is 0 Å². The SMILES string of the molecule is CN(CCC(NC(=O)C1SCCN1S(=O)c1ccc(-c2ccccc2)cc1)c1ccccc1)CC(O)c1ccccc1. The minimum absolute atomic E-state index is 0.132. The highest BCUT2D eigenvalue weighted by atomic mass is 32.2. The van der Waals surface area contributed by atoms with E-state index in [1.54, 1.807) is 4.31 Å². The highest BCUT2D eigenvalue weighted by Crippen LogP contribution is 2.30. The maximum Gasteiger partial charge on any atom is 0.249 e. The summed E-state index contributed by atoms with van der Waals surface area (Å²) in [6.45, 7) is 1.75. The van der Waals surface area contributed by atoms with Gasteiger partial charge in [0.25, 0.3) is 0 Å². The van der Waals surface area contributed by atoms with E-state index >= 15 is 0 Å². The summed E-state index contributed by atoms with van der Waals surface area (Å²) in [7, 11) is 0.529. The van der Waals surface area contributed by atoms with Gasteiger partial charge in [-0.1, -0.05) is 103 Å². The lowest BCUT2D eigenvalue weighted by atomic mass is 10.0. The minimum Gasteiger partial charge on any atom is -0.387 e. The third-order valence-electron chi connectivity index (χ3n) is 7.44. The molecule has 4 unspecified atom stereocenters. The van der Waals surface area contributed by atoms with Crippen molar-refractivity contribution in [1.82, 2.24) is 14.5 Å². The van der Waals surface area contributed by atoms with Crippen LogP contribution in [-0.2, 0) is 15.8 Å². The van der Waals surface area contributed by atoms with Gasteiger partial charge in [0.15, 0.2) is 0 Å². The number of amides is 1. The molecule has 4 aromatic rings. The lowest BCUT2D eigenvalue weighted by Gasteiger charge is -2.27. The molecular formula is C34H37N3O3S2. The number of benzene rings is 4. The Balaban J connectivity index is 1.23. The van der Waals surface area contributed by atoms with Crippen LogP contribution in [0.1, 0.15) is 29.7 Å². The van der Waals surface area contributed by atoms with E-state index in [-0.39, 0.29) is 11.9 Å². The van der Waals surface area contributed by atoms with Crippen molar-refractivity contribution in [2.75, 3.05) is 32.4 Å². The first-order chi connectivity index (χ1) is 20.5. The zero-order valence-electron chi connectivity index (χ0n) is 23.7. The Hall–Kier alpha value is -3.27. The van der Waals surface area contributed by atoms with Gasteiger partial charge in [-0.25, -0.2) is 4.21 Å². The molecule has 2 N–H and O–H groups in total. The third-order valence-corrected chi connectivity index (χ3v) is 10.3. The highest BCUT2D eigenvalue weighted by molar-refractivity contribution is 8.01. The van der Waals surface area contributed by atoms with Crippen LogP contribution in [0, 0.1) is 0 Å². The van der Waals surface area contributed by atoms with Crippen molar-refractivity contribution in [1.29, 1.82) is 0 Å². The normalized spacial score (nSPS) is 17.5. The van der Waals surface area contributed by atoms with E-state index in [1.165, 1.54) is 11.8 Å². The number of likely N-dealkylation sites (N-methyl/N-ethyl adjacent to an activating group) is 1. The first kappa shape index (κ1) is 30.2. The molecule has 218 valence electrons. The summed E-state index contributed by atoms with van der Waals surface area (Å²) in [6.07, 6.45) is 0.0935. The molecule has 1 saturated heterocycles. The number of nitrogens with one attached hydrogen (secondary N) is 1. The monoisotopic (exact) mass is 599 g/mol. The fourth-order valence-corrected chi connectivity index (χ4v) is 7.84. The summed E-state index contributed by atoms with van der Waals surface area (Å²) in [6, 6.07) is 37.2. The molecule has 0 aromatic heterocycles. The maximum absolute atomic E-state index is 13.7. The lowest BCUT2D eigenvalue weighted by Crippen LogP contribution is -2.44. The van der Waals surface area contributed by atoms with Gasteiger partial charge in [0, 0.05) is 25.4 Å². The zero-order chi connectivity index (χ0) is 29.3. The van der Waals surface area contributed by atoms with Crippen LogP contribution < -0.4 is 5.32 Å². The molecule has 1 fully saturated rings. The molecule has 8 heteroatoms. The van der Waals surface area contributed by atoms with E-state index in [0.717, 1.165) is 28.0 Å². The molecule has 0 spiro atoms. The fourth-order valence-electron chi connectivity index (χ4n) is 5.13. The summed E-state index contributed by atoms with van der Waals surface area (Å²) >= 11 is 1.53. The number of thioether (sulfide) groups is 1. The molecule has 0 aliphatic carbocycles. The smallest absolute Gasteiger partial charge is 0.249 e. The summed E-state index contributed by atoms with van der Waals surface area (Å²) < 4.78 is 15.4. The summed E-state index contributed by atoms with van der Waals surface area (Å²) in [5.41, 5.74) is 4.08. The number of rotatable bonds is 12. The highest BCUT2D eigenvalue weighted by Gasteiger charge is 2.36. The number of hydrogen-bond acceptors (Lipinski definition) is 5. The number of aliphatic hydroxyl groups is 1. The maximum atomic E-state index is 13.7. The Labute approximate surface area is 255 Å². The largest absolute Gasteiger partial charge is 0.387 e. The van der Waals surface area contributed by atoms with Crippen LogP contribution in [0.5, 0.6) is 0 Å². The van der Waals surface area contributed by atoms with E-state index in [2.05, 4.69) is 22.3 Å². The predicted octanol–water partition coefficient (Wildman–Crippen LogP) is 5.66. The minimum atomic E-state index is -1.45. The molecule has 1 aliphatic heterocycles.